The van der Waals surface area contributed by atoms with E-state index in [2.05, 4.69) is 34.7 Å². The molecular weight excluding hydrogens is 409 g/mol. The fraction of sp³-hybridized carbons (Fsp3) is 0.588. The lowest BCUT2D eigenvalue weighted by molar-refractivity contribution is -0.137. The van der Waals surface area contributed by atoms with Crippen LogP contribution in [0.25, 0.3) is 11.4 Å². The van der Waals surface area contributed by atoms with Crippen LogP contribution in [0.3, 0.4) is 0 Å². The van der Waals surface area contributed by atoms with Crippen LogP contribution in [0.1, 0.15) is 16.8 Å². The molecule has 0 aliphatic rings. The first-order valence-corrected chi connectivity index (χ1v) is 14.0. The van der Waals surface area contributed by atoms with Crippen LogP contribution < -0.4 is 0 Å². The van der Waals surface area contributed by atoms with Gasteiger partial charge in [0.2, 0.25) is 0 Å². The molecular formula is C17H25F3N4O2SSi. The minimum Gasteiger partial charge on any atom is -0.609 e. The molecule has 0 aromatic carbocycles. The van der Waals surface area contributed by atoms with Crippen LogP contribution in [0.2, 0.25) is 25.7 Å². The van der Waals surface area contributed by atoms with Crippen LogP contribution >= 0.6 is 0 Å². The van der Waals surface area contributed by atoms with E-state index in [-0.39, 0.29) is 23.3 Å². The van der Waals surface area contributed by atoms with Crippen LogP contribution in [-0.2, 0) is 28.8 Å². The van der Waals surface area contributed by atoms with Gasteiger partial charge in [-0.1, -0.05) is 19.6 Å². The third-order valence-electron chi connectivity index (χ3n) is 4.27. The van der Waals surface area contributed by atoms with E-state index in [9.17, 15) is 17.7 Å². The van der Waals surface area contributed by atoms with Crippen LogP contribution in [-0.4, -0.2) is 45.2 Å². The van der Waals surface area contributed by atoms with Crippen LogP contribution in [0, 0.1) is 13.8 Å². The van der Waals surface area contributed by atoms with Gasteiger partial charge in [-0.15, -0.1) is 0 Å². The standard InChI is InChI=1S/C17H25F3N4O2SSi/c1-11-12(2)24(10-26-7-8-28(4,5)6)23-14(11)15-13(17(18,19)20)9-21-16(22-15)27(3)25/h9H,7-8,10H2,1-6H3. The van der Waals surface area contributed by atoms with Gasteiger partial charge in [0.15, 0.2) is 0 Å². The third-order valence-corrected chi connectivity index (χ3v) is 6.68. The summed E-state index contributed by atoms with van der Waals surface area (Å²) in [6, 6.07) is 0.981. The van der Waals surface area contributed by atoms with Crippen molar-refractivity contribution < 1.29 is 22.5 Å². The van der Waals surface area contributed by atoms with Crippen molar-refractivity contribution in [1.29, 1.82) is 0 Å². The first-order chi connectivity index (χ1) is 12.8. The predicted molar refractivity (Wildman–Crippen MR) is 104 cm³/mol. The molecule has 1 unspecified atom stereocenters. The number of alkyl halides is 3. The Kier molecular flexibility index (Phi) is 6.95. The van der Waals surface area contributed by atoms with E-state index in [0.717, 1.165) is 6.04 Å². The molecule has 1 atom stereocenters. The number of aromatic nitrogens is 4. The third kappa shape index (κ3) is 5.55. The summed E-state index contributed by atoms with van der Waals surface area (Å²) >= 11 is -1.61. The van der Waals surface area contributed by atoms with E-state index in [0.29, 0.717) is 24.1 Å². The average Bonchev–Trinajstić information content (AvgIpc) is 2.84. The van der Waals surface area contributed by atoms with E-state index < -0.39 is 31.0 Å². The first kappa shape index (κ1) is 22.9. The SMILES string of the molecule is Cc1c(-c2nc([S+](C)[O-])ncc2C(F)(F)F)nn(COCC[Si](C)(C)C)c1C. The van der Waals surface area contributed by atoms with Gasteiger partial charge in [0.1, 0.15) is 29.9 Å². The summed E-state index contributed by atoms with van der Waals surface area (Å²) in [7, 11) is -1.24. The molecule has 0 bridgehead atoms. The molecule has 0 saturated carbocycles. The van der Waals surface area contributed by atoms with Crippen molar-refractivity contribution in [3.8, 4) is 11.4 Å². The van der Waals surface area contributed by atoms with Gasteiger partial charge in [-0.25, -0.2) is 4.68 Å². The first-order valence-electron chi connectivity index (χ1n) is 8.71. The Morgan fingerprint density at radius 2 is 1.86 bits per heavy atom. The van der Waals surface area contributed by atoms with E-state index in [1.54, 1.807) is 13.8 Å². The zero-order valence-electron chi connectivity index (χ0n) is 16.8. The lowest BCUT2D eigenvalue weighted by Gasteiger charge is -2.15. The number of halogens is 3. The molecule has 0 amide bonds. The molecule has 6 nitrogen and oxygen atoms in total. The second kappa shape index (κ2) is 8.52. The molecule has 2 rings (SSSR count). The van der Waals surface area contributed by atoms with E-state index >= 15 is 0 Å². The Hall–Kier alpha value is -1.43. The average molecular weight is 435 g/mol. The predicted octanol–water partition coefficient (Wildman–Crippen LogP) is 4.03. The summed E-state index contributed by atoms with van der Waals surface area (Å²) in [5.74, 6) is 0. The van der Waals surface area contributed by atoms with E-state index in [4.69, 9.17) is 4.74 Å². The van der Waals surface area contributed by atoms with Gasteiger partial charge in [0.05, 0.1) is 0 Å². The molecule has 28 heavy (non-hydrogen) atoms. The smallest absolute Gasteiger partial charge is 0.420 e. The highest BCUT2D eigenvalue weighted by atomic mass is 32.2. The zero-order valence-corrected chi connectivity index (χ0v) is 18.7. The second-order valence-electron chi connectivity index (χ2n) is 7.77. The maximum absolute atomic E-state index is 13.5. The number of hydrogen-bond donors (Lipinski definition) is 0. The molecule has 2 aromatic rings. The van der Waals surface area contributed by atoms with Crippen molar-refractivity contribution in [3.05, 3.63) is 23.0 Å². The minimum atomic E-state index is -4.65. The summed E-state index contributed by atoms with van der Waals surface area (Å²) < 4.78 is 59.2. The summed E-state index contributed by atoms with van der Waals surface area (Å²) in [6.07, 6.45) is -2.67. The summed E-state index contributed by atoms with van der Waals surface area (Å²) in [5, 5.41) is 4.14. The normalized spacial score (nSPS) is 13.8. The highest BCUT2D eigenvalue weighted by molar-refractivity contribution is 7.90. The van der Waals surface area contributed by atoms with Crippen molar-refractivity contribution in [1.82, 2.24) is 19.7 Å². The highest BCUT2D eigenvalue weighted by Gasteiger charge is 2.37. The molecule has 0 aliphatic carbocycles. The molecule has 0 fully saturated rings. The van der Waals surface area contributed by atoms with Gasteiger partial charge in [0, 0.05) is 37.7 Å². The van der Waals surface area contributed by atoms with Crippen molar-refractivity contribution in [2.24, 2.45) is 0 Å². The summed E-state index contributed by atoms with van der Waals surface area (Å²) in [6.45, 7) is 10.9. The number of ether oxygens (including phenoxy) is 1. The van der Waals surface area contributed by atoms with Gasteiger partial charge in [-0.2, -0.15) is 28.2 Å². The van der Waals surface area contributed by atoms with Gasteiger partial charge in [-0.3, -0.25) is 0 Å². The fourth-order valence-corrected chi connectivity index (χ4v) is 3.59. The molecule has 156 valence electrons. The molecule has 0 N–H and O–H groups in total. The molecule has 0 saturated heterocycles. The molecule has 0 spiro atoms. The Morgan fingerprint density at radius 3 is 2.39 bits per heavy atom. The minimum absolute atomic E-state index is 0.0905. The van der Waals surface area contributed by atoms with Gasteiger partial charge in [-0.05, 0) is 25.5 Å². The molecule has 2 aromatic heterocycles. The lowest BCUT2D eigenvalue weighted by Crippen LogP contribution is -2.22. The van der Waals surface area contributed by atoms with Gasteiger partial charge in [0.25, 0.3) is 0 Å². The van der Waals surface area contributed by atoms with Crippen LogP contribution in [0.4, 0.5) is 13.2 Å². The Balaban J connectivity index is 2.39. The van der Waals surface area contributed by atoms with Crippen LogP contribution in [0.5, 0.6) is 0 Å². The van der Waals surface area contributed by atoms with E-state index in [1.165, 1.54) is 10.9 Å². The maximum atomic E-state index is 13.5. The molecule has 0 aliphatic heterocycles. The largest absolute Gasteiger partial charge is 0.609 e. The number of rotatable bonds is 7. The Morgan fingerprint density at radius 1 is 1.21 bits per heavy atom. The summed E-state index contributed by atoms with van der Waals surface area (Å²) in [4.78, 5) is 7.50. The molecule has 0 radical (unpaired) electrons. The van der Waals surface area contributed by atoms with Crippen LogP contribution in [0.15, 0.2) is 11.4 Å². The number of hydrogen-bond acceptors (Lipinski definition) is 5. The van der Waals surface area contributed by atoms with Gasteiger partial charge < -0.3 is 9.29 Å². The van der Waals surface area contributed by atoms with E-state index in [1.807, 2.05) is 0 Å². The zero-order chi connectivity index (χ0) is 21.3. The van der Waals surface area contributed by atoms with Crippen molar-refractivity contribution in [3.63, 3.8) is 0 Å². The maximum Gasteiger partial charge on any atom is 0.420 e. The number of nitrogens with zero attached hydrogens (tertiary/aromatic N) is 4. The second-order valence-corrected chi connectivity index (χ2v) is 14.7. The lowest BCUT2D eigenvalue weighted by atomic mass is 10.1. The Labute approximate surface area is 166 Å². The molecule has 11 heteroatoms. The van der Waals surface area contributed by atoms with Crippen molar-refractivity contribution in [2.45, 2.75) is 57.6 Å². The van der Waals surface area contributed by atoms with Crippen molar-refractivity contribution in [2.75, 3.05) is 12.9 Å². The van der Waals surface area contributed by atoms with Gasteiger partial charge >= 0.3 is 11.3 Å². The fourth-order valence-electron chi connectivity index (χ4n) is 2.41. The summed E-state index contributed by atoms with van der Waals surface area (Å²) in [5.41, 5.74) is -0.0317. The monoisotopic (exact) mass is 434 g/mol. The Bertz CT molecular complexity index is 835. The van der Waals surface area contributed by atoms with Crippen molar-refractivity contribution >= 4 is 19.2 Å². The quantitative estimate of drug-likeness (QED) is 0.285. The topological polar surface area (TPSA) is 75.9 Å². The molecule has 2 heterocycles. The highest BCUT2D eigenvalue weighted by Crippen LogP contribution is 2.37.